The van der Waals surface area contributed by atoms with E-state index >= 15 is 0 Å². The molecule has 2 aromatic carbocycles. The van der Waals surface area contributed by atoms with Gasteiger partial charge in [0.25, 0.3) is 5.91 Å². The predicted molar refractivity (Wildman–Crippen MR) is 116 cm³/mol. The van der Waals surface area contributed by atoms with Gasteiger partial charge in [-0.3, -0.25) is 14.5 Å². The number of amides is 1. The van der Waals surface area contributed by atoms with Crippen molar-refractivity contribution in [3.8, 4) is 5.75 Å². The molecule has 0 aliphatic carbocycles. The lowest BCUT2D eigenvalue weighted by Crippen LogP contribution is -2.27. The standard InChI is InChI=1S/C21H16N2O3S2/c1-12-3-5-13(6-4-12)23-20(25)19(28-21(23)27)10-18(24)16-11-22-17-8-7-14(26-2)9-15(16)17/h3-11,22H,1-2H3. The molecule has 0 radical (unpaired) electrons. The Kier molecular flexibility index (Phi) is 4.78. The van der Waals surface area contributed by atoms with E-state index < -0.39 is 0 Å². The highest BCUT2D eigenvalue weighted by atomic mass is 32.2. The van der Waals surface area contributed by atoms with Crippen molar-refractivity contribution in [2.45, 2.75) is 6.92 Å². The minimum atomic E-state index is -0.287. The molecule has 1 aliphatic heterocycles. The molecule has 5 nitrogen and oxygen atoms in total. The molecule has 0 unspecified atom stereocenters. The van der Waals surface area contributed by atoms with Crippen LogP contribution in [0.25, 0.3) is 10.9 Å². The largest absolute Gasteiger partial charge is 0.497 e. The maximum Gasteiger partial charge on any atom is 0.270 e. The Balaban J connectivity index is 1.66. The predicted octanol–water partition coefficient (Wildman–Crippen LogP) is 4.62. The van der Waals surface area contributed by atoms with Gasteiger partial charge in [0.2, 0.25) is 0 Å². The van der Waals surface area contributed by atoms with Crippen LogP contribution in [0.1, 0.15) is 15.9 Å². The van der Waals surface area contributed by atoms with E-state index in [0.717, 1.165) is 28.2 Å². The molecule has 3 aromatic rings. The Morgan fingerprint density at radius 1 is 1.21 bits per heavy atom. The first-order chi connectivity index (χ1) is 13.5. The molecule has 1 saturated heterocycles. The fraction of sp³-hybridized carbons (Fsp3) is 0.0952. The van der Waals surface area contributed by atoms with Crippen molar-refractivity contribution in [3.05, 3.63) is 70.8 Å². The lowest BCUT2D eigenvalue weighted by Gasteiger charge is -2.14. The van der Waals surface area contributed by atoms with Gasteiger partial charge in [0.05, 0.1) is 17.7 Å². The van der Waals surface area contributed by atoms with Gasteiger partial charge >= 0.3 is 0 Å². The zero-order valence-corrected chi connectivity index (χ0v) is 16.8. The molecular formula is C21H16N2O3S2. The molecule has 1 aliphatic rings. The molecule has 1 amide bonds. The first-order valence-electron chi connectivity index (χ1n) is 8.52. The second-order valence-corrected chi connectivity index (χ2v) is 8.01. The highest BCUT2D eigenvalue weighted by Crippen LogP contribution is 2.35. The van der Waals surface area contributed by atoms with Crippen LogP contribution in [0.3, 0.4) is 0 Å². The number of ether oxygens (including phenoxy) is 1. The summed E-state index contributed by atoms with van der Waals surface area (Å²) in [6, 6.07) is 13.0. The third-order valence-electron chi connectivity index (χ3n) is 4.50. The van der Waals surface area contributed by atoms with Crippen LogP contribution in [0.2, 0.25) is 0 Å². The number of benzene rings is 2. The number of allylic oxidation sites excluding steroid dienone is 1. The van der Waals surface area contributed by atoms with E-state index in [4.69, 9.17) is 17.0 Å². The maximum absolute atomic E-state index is 12.9. The minimum Gasteiger partial charge on any atom is -0.497 e. The lowest BCUT2D eigenvalue weighted by atomic mass is 10.1. The molecule has 28 heavy (non-hydrogen) atoms. The molecule has 0 spiro atoms. The molecular weight excluding hydrogens is 392 g/mol. The van der Waals surface area contributed by atoms with Crippen LogP contribution in [0, 0.1) is 6.92 Å². The number of carbonyl (C=O) groups excluding carboxylic acids is 2. The van der Waals surface area contributed by atoms with Gasteiger partial charge in [-0.05, 0) is 37.3 Å². The molecule has 0 saturated carbocycles. The van der Waals surface area contributed by atoms with Crippen molar-refractivity contribution in [2.75, 3.05) is 12.0 Å². The summed E-state index contributed by atoms with van der Waals surface area (Å²) in [4.78, 5) is 30.5. The Hall–Kier alpha value is -2.90. The van der Waals surface area contributed by atoms with Gasteiger partial charge in [-0.1, -0.05) is 41.7 Å². The van der Waals surface area contributed by atoms with Gasteiger partial charge in [0, 0.05) is 28.7 Å². The van der Waals surface area contributed by atoms with Gasteiger partial charge in [-0.25, -0.2) is 0 Å². The number of anilines is 1. The number of fused-ring (bicyclic) bond motifs is 1. The van der Waals surface area contributed by atoms with Crippen molar-refractivity contribution < 1.29 is 14.3 Å². The van der Waals surface area contributed by atoms with Crippen molar-refractivity contribution in [3.63, 3.8) is 0 Å². The number of ketones is 1. The average molecular weight is 409 g/mol. The van der Waals surface area contributed by atoms with Crippen LogP contribution in [0.4, 0.5) is 5.69 Å². The first-order valence-corrected chi connectivity index (χ1v) is 9.74. The van der Waals surface area contributed by atoms with Gasteiger partial charge in [-0.15, -0.1) is 0 Å². The summed E-state index contributed by atoms with van der Waals surface area (Å²) in [6.07, 6.45) is 3.00. The van der Waals surface area contributed by atoms with Crippen LogP contribution in [-0.4, -0.2) is 28.1 Å². The number of thioether (sulfide) groups is 1. The third kappa shape index (κ3) is 3.23. The zero-order chi connectivity index (χ0) is 19.8. The second kappa shape index (κ2) is 7.26. The summed E-state index contributed by atoms with van der Waals surface area (Å²) in [7, 11) is 1.58. The summed E-state index contributed by atoms with van der Waals surface area (Å²) in [5, 5.41) is 0.745. The number of aromatic nitrogens is 1. The van der Waals surface area contributed by atoms with Crippen LogP contribution in [0.5, 0.6) is 5.75 Å². The number of carbonyl (C=O) groups is 2. The molecule has 1 aromatic heterocycles. The number of hydrogen-bond acceptors (Lipinski definition) is 5. The normalized spacial score (nSPS) is 15.6. The first kappa shape index (κ1) is 18.5. The van der Waals surface area contributed by atoms with E-state index in [9.17, 15) is 9.59 Å². The third-order valence-corrected chi connectivity index (χ3v) is 5.80. The monoisotopic (exact) mass is 408 g/mol. The van der Waals surface area contributed by atoms with E-state index in [1.807, 2.05) is 43.3 Å². The summed E-state index contributed by atoms with van der Waals surface area (Å²) in [6.45, 7) is 1.98. The van der Waals surface area contributed by atoms with Gasteiger partial charge < -0.3 is 9.72 Å². The number of rotatable bonds is 4. The molecule has 7 heteroatoms. The molecule has 2 heterocycles. The summed E-state index contributed by atoms with van der Waals surface area (Å²) in [5.74, 6) is 0.111. The van der Waals surface area contributed by atoms with Crippen molar-refractivity contribution in [1.82, 2.24) is 4.98 Å². The fourth-order valence-electron chi connectivity index (χ4n) is 3.01. The number of H-pyrrole nitrogens is 1. The highest BCUT2D eigenvalue weighted by molar-refractivity contribution is 8.27. The number of nitrogens with one attached hydrogen (secondary N) is 1. The second-order valence-electron chi connectivity index (χ2n) is 6.33. The molecule has 4 rings (SSSR count). The molecule has 1 fully saturated rings. The average Bonchev–Trinajstić information content (AvgIpc) is 3.23. The number of nitrogens with zero attached hydrogens (tertiary/aromatic N) is 1. The molecule has 0 atom stereocenters. The number of aryl methyl sites for hydroxylation is 1. The smallest absolute Gasteiger partial charge is 0.270 e. The molecule has 0 bridgehead atoms. The SMILES string of the molecule is COc1ccc2[nH]cc(C(=O)C=C3SC(=S)N(c4ccc(C)cc4)C3=O)c2c1. The van der Waals surface area contributed by atoms with Crippen molar-refractivity contribution >= 4 is 56.6 Å². The van der Waals surface area contributed by atoms with E-state index in [1.54, 1.807) is 19.4 Å². The number of thiocarbonyl (C=S) groups is 1. The van der Waals surface area contributed by atoms with Crippen LogP contribution in [0.15, 0.2) is 59.6 Å². The summed E-state index contributed by atoms with van der Waals surface area (Å²) < 4.78 is 5.65. The van der Waals surface area contributed by atoms with E-state index in [-0.39, 0.29) is 11.7 Å². The van der Waals surface area contributed by atoms with Gasteiger partial charge in [0.15, 0.2) is 10.1 Å². The lowest BCUT2D eigenvalue weighted by molar-refractivity contribution is -0.113. The maximum atomic E-state index is 12.9. The molecule has 1 N–H and O–H groups in total. The Morgan fingerprint density at radius 2 is 1.96 bits per heavy atom. The van der Waals surface area contributed by atoms with E-state index in [2.05, 4.69) is 4.98 Å². The molecule has 140 valence electrons. The summed E-state index contributed by atoms with van der Waals surface area (Å²) in [5.41, 5.74) is 3.09. The Bertz CT molecular complexity index is 1150. The van der Waals surface area contributed by atoms with Gasteiger partial charge in [0.1, 0.15) is 5.75 Å². The zero-order valence-electron chi connectivity index (χ0n) is 15.2. The number of methoxy groups -OCH3 is 1. The highest BCUT2D eigenvalue weighted by Gasteiger charge is 2.34. The fourth-order valence-corrected chi connectivity index (χ4v) is 4.28. The van der Waals surface area contributed by atoms with Crippen molar-refractivity contribution in [1.29, 1.82) is 0 Å². The summed E-state index contributed by atoms with van der Waals surface area (Å²) >= 11 is 6.50. The number of aromatic amines is 1. The van der Waals surface area contributed by atoms with Crippen LogP contribution < -0.4 is 9.64 Å². The minimum absolute atomic E-state index is 0.260. The van der Waals surface area contributed by atoms with Gasteiger partial charge in [-0.2, -0.15) is 0 Å². The number of hydrogen-bond donors (Lipinski definition) is 1. The van der Waals surface area contributed by atoms with E-state index in [1.165, 1.54) is 11.0 Å². The quantitative estimate of drug-likeness (QED) is 0.388. The topological polar surface area (TPSA) is 62.4 Å². The van der Waals surface area contributed by atoms with E-state index in [0.29, 0.717) is 26.2 Å². The Morgan fingerprint density at radius 3 is 2.68 bits per heavy atom. The Labute approximate surface area is 171 Å². The van der Waals surface area contributed by atoms with Crippen molar-refractivity contribution in [2.24, 2.45) is 0 Å². The van der Waals surface area contributed by atoms with Crippen LogP contribution >= 0.6 is 24.0 Å². The van der Waals surface area contributed by atoms with Crippen LogP contribution in [-0.2, 0) is 4.79 Å².